The van der Waals surface area contributed by atoms with E-state index in [0.717, 1.165) is 23.4 Å². The summed E-state index contributed by atoms with van der Waals surface area (Å²) in [6.07, 6.45) is 9.63. The Morgan fingerprint density at radius 3 is 3.00 bits per heavy atom. The zero-order chi connectivity index (χ0) is 12.1. The number of aromatic nitrogens is 2. The maximum atomic E-state index is 10.0. The summed E-state index contributed by atoms with van der Waals surface area (Å²) in [7, 11) is 0. The summed E-state index contributed by atoms with van der Waals surface area (Å²) in [4.78, 5) is 4.30. The summed E-state index contributed by atoms with van der Waals surface area (Å²) in [6.45, 7) is 3.03. The summed E-state index contributed by atoms with van der Waals surface area (Å²) < 4.78 is 2.10. The summed E-state index contributed by atoms with van der Waals surface area (Å²) >= 11 is 1.94. The molecule has 0 aliphatic heterocycles. The highest BCUT2D eigenvalue weighted by molar-refractivity contribution is 7.99. The second-order valence-corrected chi connectivity index (χ2v) is 6.06. The van der Waals surface area contributed by atoms with Crippen LogP contribution >= 0.6 is 11.8 Å². The number of hydrogen-bond donors (Lipinski definition) is 1. The lowest BCUT2D eigenvalue weighted by atomic mass is 10.3. The Morgan fingerprint density at radius 1 is 1.53 bits per heavy atom. The Balaban J connectivity index is 1.74. The van der Waals surface area contributed by atoms with Gasteiger partial charge in [-0.3, -0.25) is 0 Å². The average Bonchev–Trinajstić information content (AvgIpc) is 2.97. The molecular formula is C13H22N2OS. The number of aryl methyl sites for hydroxylation is 1. The molecule has 0 amide bonds. The Labute approximate surface area is 108 Å². The van der Waals surface area contributed by atoms with Crippen molar-refractivity contribution in [2.75, 3.05) is 5.75 Å². The summed E-state index contributed by atoms with van der Waals surface area (Å²) in [5.41, 5.74) is 0. The predicted octanol–water partition coefficient (Wildman–Crippen LogP) is 2.48. The fraction of sp³-hybridized carbons (Fsp3) is 0.769. The largest absolute Gasteiger partial charge is 0.392 e. The molecular weight excluding hydrogens is 232 g/mol. The molecule has 1 fully saturated rings. The third kappa shape index (κ3) is 3.75. The molecule has 0 spiro atoms. The smallest absolute Gasteiger partial charge is 0.111 e. The van der Waals surface area contributed by atoms with Gasteiger partial charge in [0.05, 0.1) is 6.10 Å². The standard InChI is InChI=1S/C13H22N2OS/c1-2-15-8-7-14-13(15)9-11(16)10-17-12-5-3-4-6-12/h7-8,11-12,16H,2-6,9-10H2,1H3. The minimum atomic E-state index is -0.256. The van der Waals surface area contributed by atoms with Crippen LogP contribution in [-0.2, 0) is 13.0 Å². The van der Waals surface area contributed by atoms with Crippen LogP contribution in [0.4, 0.5) is 0 Å². The van der Waals surface area contributed by atoms with Crippen LogP contribution in [0.2, 0.25) is 0 Å². The molecule has 1 atom stereocenters. The second kappa shape index (κ2) is 6.45. The van der Waals surface area contributed by atoms with Crippen LogP contribution in [0.1, 0.15) is 38.4 Å². The van der Waals surface area contributed by atoms with Crippen LogP contribution in [-0.4, -0.2) is 31.8 Å². The molecule has 17 heavy (non-hydrogen) atoms. The molecule has 0 aromatic carbocycles. The lowest BCUT2D eigenvalue weighted by Gasteiger charge is -2.14. The third-order valence-electron chi connectivity index (χ3n) is 3.39. The van der Waals surface area contributed by atoms with E-state index in [1.165, 1.54) is 25.7 Å². The van der Waals surface area contributed by atoms with Crippen molar-refractivity contribution in [3.8, 4) is 0 Å². The zero-order valence-corrected chi connectivity index (χ0v) is 11.3. The van der Waals surface area contributed by atoms with Crippen molar-refractivity contribution in [3.63, 3.8) is 0 Å². The summed E-state index contributed by atoms with van der Waals surface area (Å²) in [6, 6.07) is 0. The molecule has 1 heterocycles. The number of nitrogens with zero attached hydrogens (tertiary/aromatic N) is 2. The Morgan fingerprint density at radius 2 is 2.29 bits per heavy atom. The SMILES string of the molecule is CCn1ccnc1CC(O)CSC1CCCC1. The van der Waals surface area contributed by atoms with Crippen LogP contribution in [0.5, 0.6) is 0 Å². The van der Waals surface area contributed by atoms with E-state index in [0.29, 0.717) is 6.42 Å². The molecule has 2 rings (SSSR count). The van der Waals surface area contributed by atoms with E-state index in [2.05, 4.69) is 16.5 Å². The first kappa shape index (κ1) is 13.0. The van der Waals surface area contributed by atoms with E-state index in [4.69, 9.17) is 0 Å². The van der Waals surface area contributed by atoms with Gasteiger partial charge < -0.3 is 9.67 Å². The van der Waals surface area contributed by atoms with Gasteiger partial charge in [-0.15, -0.1) is 0 Å². The van der Waals surface area contributed by atoms with Crippen LogP contribution in [0.15, 0.2) is 12.4 Å². The Hall–Kier alpha value is -0.480. The second-order valence-electron chi connectivity index (χ2n) is 4.73. The number of aliphatic hydroxyl groups is 1. The predicted molar refractivity (Wildman–Crippen MR) is 72.3 cm³/mol. The Kier molecular flexibility index (Phi) is 4.92. The van der Waals surface area contributed by atoms with Gasteiger partial charge in [-0.1, -0.05) is 12.8 Å². The van der Waals surface area contributed by atoms with Crippen molar-refractivity contribution in [1.29, 1.82) is 0 Å². The van der Waals surface area contributed by atoms with Gasteiger partial charge in [0.1, 0.15) is 5.82 Å². The van der Waals surface area contributed by atoms with Crippen molar-refractivity contribution >= 4 is 11.8 Å². The number of thioether (sulfide) groups is 1. The van der Waals surface area contributed by atoms with Gasteiger partial charge in [0.15, 0.2) is 0 Å². The van der Waals surface area contributed by atoms with E-state index < -0.39 is 0 Å². The third-order valence-corrected chi connectivity index (χ3v) is 4.91. The molecule has 1 N–H and O–H groups in total. The molecule has 0 radical (unpaired) electrons. The zero-order valence-electron chi connectivity index (χ0n) is 10.5. The molecule has 1 aliphatic rings. The first-order valence-electron chi connectivity index (χ1n) is 6.59. The molecule has 0 bridgehead atoms. The summed E-state index contributed by atoms with van der Waals surface area (Å²) in [5.74, 6) is 1.85. The highest BCUT2D eigenvalue weighted by atomic mass is 32.2. The number of hydrogen-bond acceptors (Lipinski definition) is 3. The number of rotatable bonds is 6. The lowest BCUT2D eigenvalue weighted by molar-refractivity contribution is 0.196. The van der Waals surface area contributed by atoms with E-state index >= 15 is 0 Å². The van der Waals surface area contributed by atoms with E-state index in [1.54, 1.807) is 0 Å². The highest BCUT2D eigenvalue weighted by Crippen LogP contribution is 2.29. The quantitative estimate of drug-likeness (QED) is 0.847. The summed E-state index contributed by atoms with van der Waals surface area (Å²) in [5, 5.41) is 10.8. The molecule has 4 heteroatoms. The van der Waals surface area contributed by atoms with Gasteiger partial charge in [-0.2, -0.15) is 11.8 Å². The van der Waals surface area contributed by atoms with Crippen LogP contribution in [0.3, 0.4) is 0 Å². The van der Waals surface area contributed by atoms with Gasteiger partial charge in [0.2, 0.25) is 0 Å². The fourth-order valence-corrected chi connectivity index (χ4v) is 3.67. The average molecular weight is 254 g/mol. The molecule has 1 saturated carbocycles. The minimum absolute atomic E-state index is 0.256. The van der Waals surface area contributed by atoms with E-state index in [1.807, 2.05) is 24.2 Å². The molecule has 1 aliphatic carbocycles. The van der Waals surface area contributed by atoms with Crippen molar-refractivity contribution in [2.45, 2.75) is 56.9 Å². The minimum Gasteiger partial charge on any atom is -0.392 e. The lowest BCUT2D eigenvalue weighted by Crippen LogP contribution is -2.18. The maximum absolute atomic E-state index is 10.0. The van der Waals surface area contributed by atoms with Gasteiger partial charge >= 0.3 is 0 Å². The maximum Gasteiger partial charge on any atom is 0.111 e. The van der Waals surface area contributed by atoms with Gasteiger partial charge in [0.25, 0.3) is 0 Å². The van der Waals surface area contributed by atoms with Gasteiger partial charge in [-0.05, 0) is 19.8 Å². The fourth-order valence-electron chi connectivity index (χ4n) is 2.39. The van der Waals surface area contributed by atoms with Crippen molar-refractivity contribution in [2.24, 2.45) is 0 Å². The first-order valence-corrected chi connectivity index (χ1v) is 7.64. The Bertz CT molecular complexity index is 334. The number of aliphatic hydroxyl groups excluding tert-OH is 1. The highest BCUT2D eigenvalue weighted by Gasteiger charge is 2.17. The molecule has 0 saturated heterocycles. The van der Waals surface area contributed by atoms with Crippen molar-refractivity contribution < 1.29 is 5.11 Å². The molecule has 3 nitrogen and oxygen atoms in total. The molecule has 1 unspecified atom stereocenters. The van der Waals surface area contributed by atoms with Crippen LogP contribution in [0.25, 0.3) is 0 Å². The van der Waals surface area contributed by atoms with Crippen molar-refractivity contribution in [1.82, 2.24) is 9.55 Å². The van der Waals surface area contributed by atoms with Crippen molar-refractivity contribution in [3.05, 3.63) is 18.2 Å². The van der Waals surface area contributed by atoms with Crippen LogP contribution in [0, 0.1) is 0 Å². The van der Waals surface area contributed by atoms with E-state index in [9.17, 15) is 5.11 Å². The van der Waals surface area contributed by atoms with E-state index in [-0.39, 0.29) is 6.10 Å². The molecule has 1 aromatic rings. The first-order chi connectivity index (χ1) is 8.29. The molecule has 1 aromatic heterocycles. The topological polar surface area (TPSA) is 38.0 Å². The number of imidazole rings is 1. The van der Waals surface area contributed by atoms with Gasteiger partial charge in [-0.25, -0.2) is 4.98 Å². The van der Waals surface area contributed by atoms with Crippen LogP contribution < -0.4 is 0 Å². The molecule has 96 valence electrons. The normalized spacial score (nSPS) is 18.7. The van der Waals surface area contributed by atoms with Gasteiger partial charge in [0, 0.05) is 36.4 Å². The monoisotopic (exact) mass is 254 g/mol.